The summed E-state index contributed by atoms with van der Waals surface area (Å²) < 4.78 is 25.1. The van der Waals surface area contributed by atoms with E-state index in [1.165, 1.54) is 0 Å². The number of aryl methyl sites for hydroxylation is 1. The highest BCUT2D eigenvalue weighted by Gasteiger charge is 2.08. The monoisotopic (exact) mass is 270 g/mol. The lowest BCUT2D eigenvalue weighted by molar-refractivity contribution is 0.607. The van der Waals surface area contributed by atoms with Crippen LogP contribution in [0.4, 0.5) is 11.4 Å². The molecule has 102 valence electrons. The van der Waals surface area contributed by atoms with Crippen molar-refractivity contribution < 1.29 is 8.42 Å². The Labute approximate surface area is 110 Å². The molecular formula is C13H22N2O2S. The first-order chi connectivity index (χ1) is 8.35. The fraction of sp³-hybridized carbons (Fsp3) is 0.538. The van der Waals surface area contributed by atoms with Crippen LogP contribution in [0.2, 0.25) is 0 Å². The molecule has 0 heterocycles. The number of benzene rings is 1. The van der Waals surface area contributed by atoms with Gasteiger partial charge >= 0.3 is 0 Å². The maximum atomic E-state index is 11.3. The number of sulfonamides is 1. The van der Waals surface area contributed by atoms with Crippen molar-refractivity contribution >= 4 is 21.4 Å². The summed E-state index contributed by atoms with van der Waals surface area (Å²) in [5.41, 5.74) is 2.49. The summed E-state index contributed by atoms with van der Waals surface area (Å²) in [7, 11) is -3.23. The van der Waals surface area contributed by atoms with E-state index in [0.717, 1.165) is 30.3 Å². The first-order valence-corrected chi connectivity index (χ1v) is 8.09. The van der Waals surface area contributed by atoms with Crippen LogP contribution < -0.4 is 10.0 Å². The second-order valence-electron chi connectivity index (χ2n) is 4.56. The first kappa shape index (κ1) is 14.8. The molecule has 5 heteroatoms. The topological polar surface area (TPSA) is 58.2 Å². The zero-order chi connectivity index (χ0) is 13.8. The van der Waals surface area contributed by atoms with Gasteiger partial charge < -0.3 is 5.32 Å². The maximum Gasteiger partial charge on any atom is 0.229 e. The summed E-state index contributed by atoms with van der Waals surface area (Å²) in [5, 5.41) is 3.40. The van der Waals surface area contributed by atoms with Crippen molar-refractivity contribution in [2.75, 3.05) is 16.3 Å². The quantitative estimate of drug-likeness (QED) is 0.835. The zero-order valence-corrected chi connectivity index (χ0v) is 12.3. The largest absolute Gasteiger partial charge is 0.382 e. The third-order valence-corrected chi connectivity index (χ3v) is 3.48. The van der Waals surface area contributed by atoms with Gasteiger partial charge in [0.1, 0.15) is 0 Å². The Kier molecular flexibility index (Phi) is 5.02. The van der Waals surface area contributed by atoms with Gasteiger partial charge in [0, 0.05) is 11.7 Å². The second-order valence-corrected chi connectivity index (χ2v) is 6.31. The van der Waals surface area contributed by atoms with E-state index < -0.39 is 10.0 Å². The zero-order valence-electron chi connectivity index (χ0n) is 11.4. The van der Waals surface area contributed by atoms with Crippen molar-refractivity contribution in [1.29, 1.82) is 0 Å². The van der Waals surface area contributed by atoms with Gasteiger partial charge in [0.2, 0.25) is 10.0 Å². The molecule has 4 nitrogen and oxygen atoms in total. The summed E-state index contributed by atoms with van der Waals surface area (Å²) in [5.74, 6) is 0. The molecule has 0 aliphatic heterocycles. The molecule has 0 saturated carbocycles. The summed E-state index contributed by atoms with van der Waals surface area (Å²) in [6.45, 7) is 6.14. The normalized spacial score (nSPS) is 11.6. The Hall–Kier alpha value is -1.23. The summed E-state index contributed by atoms with van der Waals surface area (Å²) in [4.78, 5) is 0. The number of hydrogen-bond acceptors (Lipinski definition) is 3. The molecule has 0 radical (unpaired) electrons. The molecule has 1 aromatic carbocycles. The van der Waals surface area contributed by atoms with Crippen LogP contribution in [-0.4, -0.2) is 20.7 Å². The molecular weight excluding hydrogens is 248 g/mol. The van der Waals surface area contributed by atoms with Crippen molar-refractivity contribution in [3.8, 4) is 0 Å². The Morgan fingerprint density at radius 3 is 2.33 bits per heavy atom. The lowest BCUT2D eigenvalue weighted by Crippen LogP contribution is -2.17. The minimum Gasteiger partial charge on any atom is -0.382 e. The average Bonchev–Trinajstić information content (AvgIpc) is 2.28. The Morgan fingerprint density at radius 2 is 1.83 bits per heavy atom. The number of anilines is 2. The van der Waals surface area contributed by atoms with Gasteiger partial charge in [0.15, 0.2) is 0 Å². The van der Waals surface area contributed by atoms with E-state index in [2.05, 4.69) is 23.9 Å². The van der Waals surface area contributed by atoms with Gasteiger partial charge in [-0.3, -0.25) is 4.72 Å². The average molecular weight is 270 g/mol. The van der Waals surface area contributed by atoms with E-state index in [1.807, 2.05) is 25.1 Å². The fourth-order valence-corrected chi connectivity index (χ4v) is 2.37. The fourth-order valence-electron chi connectivity index (χ4n) is 1.75. The van der Waals surface area contributed by atoms with Gasteiger partial charge in [-0.25, -0.2) is 8.42 Å². The molecule has 18 heavy (non-hydrogen) atoms. The van der Waals surface area contributed by atoms with Crippen molar-refractivity contribution in [2.24, 2.45) is 0 Å². The van der Waals surface area contributed by atoms with E-state index >= 15 is 0 Å². The molecule has 0 fully saturated rings. The number of hydrogen-bond donors (Lipinski definition) is 2. The molecule has 0 unspecified atom stereocenters. The summed E-state index contributed by atoms with van der Waals surface area (Å²) in [6, 6.07) is 6.15. The third kappa shape index (κ3) is 4.56. The highest BCUT2D eigenvalue weighted by atomic mass is 32.2. The van der Waals surface area contributed by atoms with Gasteiger partial charge in [-0.2, -0.15) is 0 Å². The number of nitrogens with one attached hydrogen (secondary N) is 2. The van der Waals surface area contributed by atoms with Crippen LogP contribution in [0.3, 0.4) is 0 Å². The van der Waals surface area contributed by atoms with Gasteiger partial charge in [-0.15, -0.1) is 0 Å². The lowest BCUT2D eigenvalue weighted by atomic mass is 10.1. The van der Waals surface area contributed by atoms with E-state index in [1.54, 1.807) is 0 Å². The highest BCUT2D eigenvalue weighted by molar-refractivity contribution is 7.92. The molecule has 0 atom stereocenters. The van der Waals surface area contributed by atoms with Crippen LogP contribution in [0.5, 0.6) is 0 Å². The minimum atomic E-state index is -3.23. The third-order valence-electron chi connectivity index (χ3n) is 2.89. The molecule has 0 amide bonds. The minimum absolute atomic E-state index is 0.416. The summed E-state index contributed by atoms with van der Waals surface area (Å²) in [6.07, 6.45) is 3.24. The van der Waals surface area contributed by atoms with Crippen LogP contribution in [-0.2, 0) is 10.0 Å². The van der Waals surface area contributed by atoms with Crippen LogP contribution in [0.15, 0.2) is 18.2 Å². The Bertz CT molecular complexity index is 494. The maximum absolute atomic E-state index is 11.3. The van der Waals surface area contributed by atoms with Crippen LogP contribution in [0.25, 0.3) is 0 Å². The Balaban J connectivity index is 2.93. The van der Waals surface area contributed by atoms with E-state index in [9.17, 15) is 8.42 Å². The first-order valence-electron chi connectivity index (χ1n) is 6.20. The number of rotatable bonds is 6. The van der Waals surface area contributed by atoms with Crippen LogP contribution >= 0.6 is 0 Å². The van der Waals surface area contributed by atoms with Gasteiger partial charge in [-0.05, 0) is 37.5 Å². The van der Waals surface area contributed by atoms with Gasteiger partial charge in [0.05, 0.1) is 11.9 Å². The molecule has 0 spiro atoms. The molecule has 1 aromatic rings. The molecule has 0 bridgehead atoms. The van der Waals surface area contributed by atoms with Crippen LogP contribution in [0.1, 0.15) is 32.3 Å². The summed E-state index contributed by atoms with van der Waals surface area (Å²) >= 11 is 0. The second kappa shape index (κ2) is 6.09. The molecule has 0 aromatic heterocycles. The van der Waals surface area contributed by atoms with Crippen molar-refractivity contribution in [1.82, 2.24) is 0 Å². The van der Waals surface area contributed by atoms with Gasteiger partial charge in [-0.1, -0.05) is 19.9 Å². The molecule has 1 rings (SSSR count). The molecule has 0 aliphatic rings. The van der Waals surface area contributed by atoms with Crippen molar-refractivity contribution in [3.63, 3.8) is 0 Å². The van der Waals surface area contributed by atoms with E-state index in [4.69, 9.17) is 0 Å². The molecule has 0 saturated heterocycles. The smallest absolute Gasteiger partial charge is 0.229 e. The lowest BCUT2D eigenvalue weighted by Gasteiger charge is -2.18. The standard InChI is InChI=1S/C13H22N2O2S/c1-5-11(6-2)14-12-8-7-10(3)13(9-12)15-18(4,16)17/h7-9,11,14-15H,5-6H2,1-4H3. The van der Waals surface area contributed by atoms with Crippen molar-refractivity contribution in [3.05, 3.63) is 23.8 Å². The predicted molar refractivity (Wildman–Crippen MR) is 77.6 cm³/mol. The van der Waals surface area contributed by atoms with E-state index in [0.29, 0.717) is 11.7 Å². The molecule has 0 aliphatic carbocycles. The highest BCUT2D eigenvalue weighted by Crippen LogP contribution is 2.22. The predicted octanol–water partition coefficient (Wildman–Crippen LogP) is 2.97. The Morgan fingerprint density at radius 1 is 1.22 bits per heavy atom. The SMILES string of the molecule is CCC(CC)Nc1ccc(C)c(NS(C)(=O)=O)c1. The van der Waals surface area contributed by atoms with Crippen molar-refractivity contribution in [2.45, 2.75) is 39.7 Å². The van der Waals surface area contributed by atoms with E-state index in [-0.39, 0.29) is 0 Å². The van der Waals surface area contributed by atoms with Crippen LogP contribution in [0, 0.1) is 6.92 Å². The molecule has 2 N–H and O–H groups in total. The van der Waals surface area contributed by atoms with Gasteiger partial charge in [0.25, 0.3) is 0 Å².